The van der Waals surface area contributed by atoms with Crippen LogP contribution in [-0.4, -0.2) is 31.1 Å². The van der Waals surface area contributed by atoms with Crippen molar-refractivity contribution in [3.05, 3.63) is 28.2 Å². The highest BCUT2D eigenvalue weighted by molar-refractivity contribution is 9.10. The van der Waals surface area contributed by atoms with Crippen LogP contribution in [0.2, 0.25) is 0 Å². The van der Waals surface area contributed by atoms with Crippen molar-refractivity contribution in [1.82, 2.24) is 5.32 Å². The first-order chi connectivity index (χ1) is 9.31. The molecule has 0 aliphatic carbocycles. The normalized spacial score (nSPS) is 16.4. The molecule has 1 aromatic rings. The lowest BCUT2D eigenvalue weighted by atomic mass is 10.1. The number of halogens is 1. The third kappa shape index (κ3) is 4.69. The molecule has 2 nitrogen and oxygen atoms in total. The Balaban J connectivity index is 2.13. The first-order valence-corrected chi connectivity index (χ1v) is 9.08. The minimum atomic E-state index is 0.972. The lowest BCUT2D eigenvalue weighted by Gasteiger charge is -2.25. The summed E-state index contributed by atoms with van der Waals surface area (Å²) in [7, 11) is 0. The third-order valence-corrected chi connectivity index (χ3v) is 4.89. The van der Waals surface area contributed by atoms with Crippen molar-refractivity contribution in [2.45, 2.75) is 26.3 Å². The van der Waals surface area contributed by atoms with Gasteiger partial charge in [0.2, 0.25) is 0 Å². The van der Waals surface area contributed by atoms with Gasteiger partial charge in [0.15, 0.2) is 0 Å². The Morgan fingerprint density at radius 1 is 1.32 bits per heavy atom. The number of thioether (sulfide) groups is 1. The van der Waals surface area contributed by atoms with Crippen molar-refractivity contribution < 1.29 is 0 Å². The van der Waals surface area contributed by atoms with E-state index in [4.69, 9.17) is 0 Å². The Labute approximate surface area is 129 Å². The molecular formula is C15H23BrN2S. The number of nitrogens with one attached hydrogen (secondary N) is 1. The van der Waals surface area contributed by atoms with E-state index in [0.29, 0.717) is 0 Å². The molecule has 0 aromatic heterocycles. The fraction of sp³-hybridized carbons (Fsp3) is 0.600. The van der Waals surface area contributed by atoms with Gasteiger partial charge < -0.3 is 10.2 Å². The highest BCUT2D eigenvalue weighted by Crippen LogP contribution is 2.27. The summed E-state index contributed by atoms with van der Waals surface area (Å²) in [6, 6.07) is 6.68. The van der Waals surface area contributed by atoms with Crippen LogP contribution in [-0.2, 0) is 6.54 Å². The number of rotatable bonds is 5. The molecule has 106 valence electrons. The molecule has 0 radical (unpaired) electrons. The van der Waals surface area contributed by atoms with E-state index in [-0.39, 0.29) is 0 Å². The summed E-state index contributed by atoms with van der Waals surface area (Å²) < 4.78 is 1.18. The zero-order valence-electron chi connectivity index (χ0n) is 11.6. The third-order valence-electron chi connectivity index (χ3n) is 3.35. The van der Waals surface area contributed by atoms with Crippen LogP contribution in [0.15, 0.2) is 22.7 Å². The van der Waals surface area contributed by atoms with Crippen molar-refractivity contribution in [3.63, 3.8) is 0 Å². The Morgan fingerprint density at radius 2 is 2.21 bits per heavy atom. The van der Waals surface area contributed by atoms with Gasteiger partial charge in [-0.05, 0) is 42.8 Å². The minimum Gasteiger partial charge on any atom is -0.370 e. The van der Waals surface area contributed by atoms with E-state index < -0.39 is 0 Å². The fourth-order valence-electron chi connectivity index (χ4n) is 2.37. The van der Waals surface area contributed by atoms with E-state index >= 15 is 0 Å². The molecule has 1 saturated heterocycles. The number of hydrogen-bond donors (Lipinski definition) is 1. The molecule has 0 spiro atoms. The summed E-state index contributed by atoms with van der Waals surface area (Å²) in [5.74, 6) is 2.54. The molecule has 2 rings (SSSR count). The van der Waals surface area contributed by atoms with Gasteiger partial charge in [-0.3, -0.25) is 0 Å². The SMILES string of the molecule is CCCNCc1ccc(Br)cc1N1CCCSCC1. The molecule has 1 aliphatic rings. The van der Waals surface area contributed by atoms with Gasteiger partial charge in [0.25, 0.3) is 0 Å². The first-order valence-electron chi connectivity index (χ1n) is 7.13. The molecule has 1 aromatic carbocycles. The quantitative estimate of drug-likeness (QED) is 0.817. The largest absolute Gasteiger partial charge is 0.370 e. The number of hydrogen-bond acceptors (Lipinski definition) is 3. The molecule has 0 bridgehead atoms. The molecule has 4 heteroatoms. The molecule has 0 saturated carbocycles. The summed E-state index contributed by atoms with van der Waals surface area (Å²) >= 11 is 5.69. The van der Waals surface area contributed by atoms with Crippen LogP contribution in [0.25, 0.3) is 0 Å². The van der Waals surface area contributed by atoms with Gasteiger partial charge in [-0.25, -0.2) is 0 Å². The molecule has 1 fully saturated rings. The number of anilines is 1. The van der Waals surface area contributed by atoms with E-state index in [1.165, 1.54) is 53.2 Å². The monoisotopic (exact) mass is 342 g/mol. The van der Waals surface area contributed by atoms with E-state index in [0.717, 1.165) is 13.1 Å². The molecule has 19 heavy (non-hydrogen) atoms. The van der Waals surface area contributed by atoms with E-state index in [1.807, 2.05) is 0 Å². The second kappa shape index (κ2) is 8.18. The average Bonchev–Trinajstić information content (AvgIpc) is 2.69. The fourth-order valence-corrected chi connectivity index (χ4v) is 3.60. The summed E-state index contributed by atoms with van der Waals surface area (Å²) in [6.07, 6.45) is 2.48. The summed E-state index contributed by atoms with van der Waals surface area (Å²) in [4.78, 5) is 2.55. The zero-order chi connectivity index (χ0) is 13.5. The highest BCUT2D eigenvalue weighted by Gasteiger charge is 2.13. The Hall–Kier alpha value is -0.190. The average molecular weight is 343 g/mol. The topological polar surface area (TPSA) is 15.3 Å². The molecule has 0 unspecified atom stereocenters. The van der Waals surface area contributed by atoms with E-state index in [9.17, 15) is 0 Å². The Bertz CT molecular complexity index is 390. The van der Waals surface area contributed by atoms with Crippen molar-refractivity contribution in [2.24, 2.45) is 0 Å². The van der Waals surface area contributed by atoms with Gasteiger partial charge in [0.1, 0.15) is 0 Å². The molecule has 1 N–H and O–H groups in total. The number of benzene rings is 1. The Kier molecular flexibility index (Phi) is 6.54. The zero-order valence-corrected chi connectivity index (χ0v) is 14.0. The van der Waals surface area contributed by atoms with Crippen molar-refractivity contribution >= 4 is 33.4 Å². The van der Waals surface area contributed by atoms with Crippen LogP contribution in [0.5, 0.6) is 0 Å². The lowest BCUT2D eigenvalue weighted by Crippen LogP contribution is -2.27. The van der Waals surface area contributed by atoms with Crippen LogP contribution in [0.1, 0.15) is 25.3 Å². The smallest absolute Gasteiger partial charge is 0.0423 e. The maximum absolute atomic E-state index is 3.61. The second-order valence-electron chi connectivity index (χ2n) is 4.90. The summed E-state index contributed by atoms with van der Waals surface area (Å²) in [5, 5.41) is 3.52. The highest BCUT2D eigenvalue weighted by atomic mass is 79.9. The van der Waals surface area contributed by atoms with Gasteiger partial charge >= 0.3 is 0 Å². The molecular weight excluding hydrogens is 320 g/mol. The van der Waals surface area contributed by atoms with Gasteiger partial charge in [-0.1, -0.05) is 28.9 Å². The molecule has 1 heterocycles. The number of nitrogens with zero attached hydrogens (tertiary/aromatic N) is 1. The van der Waals surface area contributed by atoms with Crippen molar-refractivity contribution in [2.75, 3.05) is 36.0 Å². The maximum Gasteiger partial charge on any atom is 0.0423 e. The van der Waals surface area contributed by atoms with Gasteiger partial charge in [-0.2, -0.15) is 11.8 Å². The van der Waals surface area contributed by atoms with Crippen LogP contribution in [0, 0.1) is 0 Å². The predicted octanol–water partition coefficient (Wildman–Crippen LogP) is 3.89. The van der Waals surface area contributed by atoms with Gasteiger partial charge in [0.05, 0.1) is 0 Å². The van der Waals surface area contributed by atoms with Crippen molar-refractivity contribution in [3.8, 4) is 0 Å². The van der Waals surface area contributed by atoms with Crippen LogP contribution < -0.4 is 10.2 Å². The van der Waals surface area contributed by atoms with E-state index in [1.54, 1.807) is 0 Å². The minimum absolute atomic E-state index is 0.972. The van der Waals surface area contributed by atoms with Crippen LogP contribution in [0.3, 0.4) is 0 Å². The van der Waals surface area contributed by atoms with Crippen molar-refractivity contribution in [1.29, 1.82) is 0 Å². The molecule has 0 atom stereocenters. The predicted molar refractivity (Wildman–Crippen MR) is 90.3 cm³/mol. The summed E-state index contributed by atoms with van der Waals surface area (Å²) in [6.45, 7) is 6.62. The van der Waals surface area contributed by atoms with Gasteiger partial charge in [0, 0.05) is 35.5 Å². The van der Waals surface area contributed by atoms with E-state index in [2.05, 4.69) is 63.0 Å². The molecule has 0 amide bonds. The van der Waals surface area contributed by atoms with Crippen LogP contribution in [0.4, 0.5) is 5.69 Å². The Morgan fingerprint density at radius 3 is 3.05 bits per heavy atom. The summed E-state index contributed by atoms with van der Waals surface area (Å²) in [5.41, 5.74) is 2.82. The van der Waals surface area contributed by atoms with Gasteiger partial charge in [-0.15, -0.1) is 0 Å². The lowest BCUT2D eigenvalue weighted by molar-refractivity contribution is 0.672. The second-order valence-corrected chi connectivity index (χ2v) is 7.04. The standard InChI is InChI=1S/C15H23BrN2S/c1-2-6-17-12-13-4-5-14(16)11-15(13)18-7-3-9-19-10-8-18/h4-5,11,17H,2-3,6-10,12H2,1H3. The first kappa shape index (κ1) is 15.2. The maximum atomic E-state index is 3.61. The van der Waals surface area contributed by atoms with Crippen LogP contribution >= 0.6 is 27.7 Å². The molecule has 1 aliphatic heterocycles.